The van der Waals surface area contributed by atoms with Crippen LogP contribution >= 0.6 is 0 Å². The molecule has 0 radical (unpaired) electrons. The van der Waals surface area contributed by atoms with Crippen molar-refractivity contribution in [1.29, 1.82) is 0 Å². The fraction of sp³-hybridized carbons (Fsp3) is 0.250. The van der Waals surface area contributed by atoms with Crippen LogP contribution in [0, 0.1) is 6.92 Å². The molecule has 1 atom stereocenters. The number of aryl methyl sites for hydroxylation is 1. The fourth-order valence-corrected chi connectivity index (χ4v) is 2.19. The van der Waals surface area contributed by atoms with Crippen molar-refractivity contribution in [2.24, 2.45) is 0 Å². The quantitative estimate of drug-likeness (QED) is 0.723. The summed E-state index contributed by atoms with van der Waals surface area (Å²) in [4.78, 5) is 16.4. The van der Waals surface area contributed by atoms with Crippen LogP contribution in [0.15, 0.2) is 50.0 Å². The highest BCUT2D eigenvalue weighted by molar-refractivity contribution is 5.78. The van der Waals surface area contributed by atoms with Crippen LogP contribution in [0.5, 0.6) is 0 Å². The van der Waals surface area contributed by atoms with Crippen molar-refractivity contribution in [1.82, 2.24) is 10.3 Å². The van der Waals surface area contributed by atoms with E-state index in [9.17, 15) is 9.90 Å². The molecule has 1 amide bonds. The summed E-state index contributed by atoms with van der Waals surface area (Å²) in [6.07, 6.45) is 3.05. The van der Waals surface area contributed by atoms with Crippen LogP contribution in [0.2, 0.25) is 0 Å². The molecule has 0 saturated carbocycles. The van der Waals surface area contributed by atoms with Crippen molar-refractivity contribution in [2.75, 3.05) is 6.61 Å². The van der Waals surface area contributed by atoms with Gasteiger partial charge in [-0.2, -0.15) is 0 Å². The summed E-state index contributed by atoms with van der Waals surface area (Å²) >= 11 is 0. The largest absolute Gasteiger partial charge is 0.467 e. The Hall–Kier alpha value is -2.80. The number of nitrogens with one attached hydrogen (secondary N) is 1. The molecule has 2 N–H and O–H groups in total. The molecule has 3 heterocycles. The number of amides is 1. The number of hydrogen-bond acceptors (Lipinski definition) is 6. The van der Waals surface area contributed by atoms with Gasteiger partial charge in [0.1, 0.15) is 17.6 Å². The number of aliphatic hydroxyl groups is 1. The van der Waals surface area contributed by atoms with E-state index in [0.717, 1.165) is 0 Å². The fourth-order valence-electron chi connectivity index (χ4n) is 2.19. The highest BCUT2D eigenvalue weighted by Crippen LogP contribution is 2.22. The number of furan rings is 2. The van der Waals surface area contributed by atoms with E-state index in [1.54, 1.807) is 31.2 Å². The minimum atomic E-state index is -0.589. The first-order valence-corrected chi connectivity index (χ1v) is 7.11. The summed E-state index contributed by atoms with van der Waals surface area (Å²) in [5.41, 5.74) is 0.519. The number of nitrogens with zero attached hydrogens (tertiary/aromatic N) is 1. The van der Waals surface area contributed by atoms with E-state index in [2.05, 4.69) is 10.3 Å². The topological polar surface area (TPSA) is 102 Å². The molecule has 0 aliphatic heterocycles. The Morgan fingerprint density at radius 1 is 1.30 bits per heavy atom. The van der Waals surface area contributed by atoms with Gasteiger partial charge < -0.3 is 23.7 Å². The number of oxazole rings is 1. The Balaban J connectivity index is 1.68. The number of hydrogen-bond donors (Lipinski definition) is 2. The summed E-state index contributed by atoms with van der Waals surface area (Å²) in [5, 5.41) is 12.1. The molecule has 3 rings (SSSR count). The van der Waals surface area contributed by atoms with Crippen LogP contribution in [0.25, 0.3) is 11.7 Å². The first kappa shape index (κ1) is 15.1. The van der Waals surface area contributed by atoms with E-state index < -0.39 is 6.04 Å². The molecule has 0 aliphatic carbocycles. The van der Waals surface area contributed by atoms with E-state index >= 15 is 0 Å². The zero-order valence-corrected chi connectivity index (χ0v) is 12.5. The zero-order valence-electron chi connectivity index (χ0n) is 12.5. The highest BCUT2D eigenvalue weighted by atomic mass is 16.4. The number of carbonyl (C=O) groups excluding carboxylic acids is 1. The third-order valence-corrected chi connectivity index (χ3v) is 3.36. The smallest absolute Gasteiger partial charge is 0.263 e. The Morgan fingerprint density at radius 2 is 2.09 bits per heavy atom. The Bertz CT molecular complexity index is 759. The molecular formula is C16H16N2O5. The second kappa shape index (κ2) is 6.53. The van der Waals surface area contributed by atoms with Crippen LogP contribution in [0.1, 0.15) is 23.3 Å². The second-order valence-electron chi connectivity index (χ2n) is 4.99. The number of rotatable bonds is 6. The number of carbonyl (C=O) groups is 1. The molecule has 0 aliphatic rings. The third kappa shape index (κ3) is 3.35. The Labute approximate surface area is 131 Å². The van der Waals surface area contributed by atoms with Crippen LogP contribution in [0.3, 0.4) is 0 Å². The van der Waals surface area contributed by atoms with E-state index in [4.69, 9.17) is 13.3 Å². The molecule has 3 aromatic heterocycles. The Morgan fingerprint density at radius 3 is 2.74 bits per heavy atom. The molecule has 3 aromatic rings. The maximum Gasteiger partial charge on any atom is 0.263 e. The maximum atomic E-state index is 12.2. The van der Waals surface area contributed by atoms with Gasteiger partial charge in [-0.05, 0) is 31.2 Å². The van der Waals surface area contributed by atoms with E-state index in [1.165, 1.54) is 12.5 Å². The zero-order chi connectivity index (χ0) is 16.2. The monoisotopic (exact) mass is 316 g/mol. The lowest BCUT2D eigenvalue weighted by atomic mass is 10.2. The van der Waals surface area contributed by atoms with Gasteiger partial charge in [-0.3, -0.25) is 4.79 Å². The van der Waals surface area contributed by atoms with Crippen molar-refractivity contribution in [3.05, 3.63) is 54.0 Å². The molecule has 23 heavy (non-hydrogen) atoms. The van der Waals surface area contributed by atoms with Gasteiger partial charge in [0.2, 0.25) is 5.91 Å². The summed E-state index contributed by atoms with van der Waals surface area (Å²) in [5.74, 6) is 1.59. The van der Waals surface area contributed by atoms with Crippen LogP contribution < -0.4 is 5.32 Å². The molecule has 0 bridgehead atoms. The molecule has 0 saturated heterocycles. The maximum absolute atomic E-state index is 12.2. The normalized spacial score (nSPS) is 12.3. The first-order valence-electron chi connectivity index (χ1n) is 7.11. The predicted molar refractivity (Wildman–Crippen MR) is 79.3 cm³/mol. The summed E-state index contributed by atoms with van der Waals surface area (Å²) in [6.45, 7) is 1.48. The van der Waals surface area contributed by atoms with Gasteiger partial charge >= 0.3 is 0 Å². The number of aliphatic hydroxyl groups excluding tert-OH is 1. The molecule has 0 spiro atoms. The Kier molecular flexibility index (Phi) is 4.29. The lowest BCUT2D eigenvalue weighted by Crippen LogP contribution is -2.31. The van der Waals surface area contributed by atoms with Gasteiger partial charge in [0, 0.05) is 0 Å². The average molecular weight is 316 g/mol. The summed E-state index contributed by atoms with van der Waals surface area (Å²) in [7, 11) is 0. The van der Waals surface area contributed by atoms with E-state index in [1.807, 2.05) is 0 Å². The SMILES string of the molecule is Cc1oc(-c2ccco2)nc1CC(=O)NC(CO)c1ccco1. The van der Waals surface area contributed by atoms with Crippen molar-refractivity contribution < 1.29 is 23.2 Å². The first-order chi connectivity index (χ1) is 11.2. The van der Waals surface area contributed by atoms with Crippen LogP contribution in [-0.4, -0.2) is 22.6 Å². The van der Waals surface area contributed by atoms with Crippen molar-refractivity contribution in [3.8, 4) is 11.7 Å². The number of aromatic nitrogens is 1. The van der Waals surface area contributed by atoms with Gasteiger partial charge in [0.15, 0.2) is 5.76 Å². The van der Waals surface area contributed by atoms with Crippen LogP contribution in [0.4, 0.5) is 0 Å². The molecule has 0 aromatic carbocycles. The van der Waals surface area contributed by atoms with E-state index in [-0.39, 0.29) is 18.9 Å². The average Bonchev–Trinajstić information content (AvgIpc) is 3.27. The standard InChI is InChI=1S/C16H16N2O5/c1-10-11(18-16(23-10)14-5-3-7-22-14)8-15(20)17-12(9-19)13-4-2-6-21-13/h2-7,12,19H,8-9H2,1H3,(H,17,20). The molecular weight excluding hydrogens is 300 g/mol. The lowest BCUT2D eigenvalue weighted by Gasteiger charge is -2.13. The van der Waals surface area contributed by atoms with Gasteiger partial charge in [-0.1, -0.05) is 0 Å². The highest BCUT2D eigenvalue weighted by Gasteiger charge is 2.20. The molecule has 120 valence electrons. The van der Waals surface area contributed by atoms with Gasteiger partial charge in [0.25, 0.3) is 5.89 Å². The molecule has 7 nitrogen and oxygen atoms in total. The molecule has 0 fully saturated rings. The van der Waals surface area contributed by atoms with Crippen molar-refractivity contribution >= 4 is 5.91 Å². The van der Waals surface area contributed by atoms with Crippen molar-refractivity contribution in [3.63, 3.8) is 0 Å². The van der Waals surface area contributed by atoms with Crippen molar-refractivity contribution in [2.45, 2.75) is 19.4 Å². The molecule has 7 heteroatoms. The van der Waals surface area contributed by atoms with Gasteiger partial charge in [-0.15, -0.1) is 0 Å². The predicted octanol–water partition coefficient (Wildman–Crippen LogP) is 2.23. The van der Waals surface area contributed by atoms with Crippen LogP contribution in [-0.2, 0) is 11.2 Å². The second-order valence-corrected chi connectivity index (χ2v) is 4.99. The molecule has 1 unspecified atom stereocenters. The minimum Gasteiger partial charge on any atom is -0.467 e. The van der Waals surface area contributed by atoms with Gasteiger partial charge in [-0.25, -0.2) is 4.98 Å². The lowest BCUT2D eigenvalue weighted by molar-refractivity contribution is -0.121. The van der Waals surface area contributed by atoms with E-state index in [0.29, 0.717) is 28.9 Å². The van der Waals surface area contributed by atoms with Gasteiger partial charge in [0.05, 0.1) is 31.2 Å². The minimum absolute atomic E-state index is 0.0350. The summed E-state index contributed by atoms with van der Waals surface area (Å²) < 4.78 is 15.9. The third-order valence-electron chi connectivity index (χ3n) is 3.36. The summed E-state index contributed by atoms with van der Waals surface area (Å²) in [6, 6.07) is 6.26.